The molecule has 0 heterocycles. The minimum Gasteiger partial charge on any atom is -0.215 e. The molecule has 0 unspecified atom stereocenters. The van der Waals surface area contributed by atoms with Crippen LogP contribution in [0.15, 0.2) is 24.3 Å². The van der Waals surface area contributed by atoms with Gasteiger partial charge in [-0.3, -0.25) is 0 Å². The summed E-state index contributed by atoms with van der Waals surface area (Å²) in [6.45, 7) is 4.40. The molecule has 1 N–H and O–H groups in total. The van der Waals surface area contributed by atoms with E-state index in [1.807, 2.05) is 38.1 Å². The normalized spacial score (nSPS) is 12.9. The Balaban J connectivity index is 2.50. The highest BCUT2D eigenvalue weighted by Gasteiger charge is 2.12. The van der Waals surface area contributed by atoms with E-state index in [9.17, 15) is 8.42 Å². The maximum absolute atomic E-state index is 11.7. The molecule has 19 heavy (non-hydrogen) atoms. The molecule has 104 valence electrons. The van der Waals surface area contributed by atoms with E-state index < -0.39 is 10.0 Å². The van der Waals surface area contributed by atoms with E-state index in [-0.39, 0.29) is 18.1 Å². The summed E-state index contributed by atoms with van der Waals surface area (Å²) in [5.41, 5.74) is 2.29. The maximum Gasteiger partial charge on any atom is 0.211 e. The Bertz CT molecular complexity index is 547. The largest absolute Gasteiger partial charge is 0.215 e. The molecular weight excluding hydrogens is 260 g/mol. The highest BCUT2D eigenvalue weighted by molar-refractivity contribution is 7.89. The summed E-state index contributed by atoms with van der Waals surface area (Å²) in [6, 6.07) is 10.0. The van der Waals surface area contributed by atoms with Crippen molar-refractivity contribution < 1.29 is 8.42 Å². The number of nitrogens with zero attached hydrogens (tertiary/aromatic N) is 1. The Morgan fingerprint density at radius 1 is 1.42 bits per heavy atom. The van der Waals surface area contributed by atoms with Gasteiger partial charge in [0.25, 0.3) is 0 Å². The number of unbranched alkanes of at least 4 members (excludes halogenated alkanes) is 1. The van der Waals surface area contributed by atoms with Gasteiger partial charge in [0.2, 0.25) is 10.0 Å². The van der Waals surface area contributed by atoms with Crippen molar-refractivity contribution in [1.29, 1.82) is 5.26 Å². The van der Waals surface area contributed by atoms with E-state index >= 15 is 0 Å². The Morgan fingerprint density at radius 2 is 2.16 bits per heavy atom. The predicted octanol–water partition coefficient (Wildman–Crippen LogP) is 2.32. The molecule has 0 radical (unpaired) electrons. The molecule has 0 spiro atoms. The van der Waals surface area contributed by atoms with E-state index in [0.29, 0.717) is 13.0 Å². The predicted molar refractivity (Wildman–Crippen MR) is 76.2 cm³/mol. The molecule has 0 aliphatic carbocycles. The van der Waals surface area contributed by atoms with Gasteiger partial charge in [-0.25, -0.2) is 13.1 Å². The molecule has 1 aromatic rings. The summed E-state index contributed by atoms with van der Waals surface area (Å²) in [5.74, 6) is 0.145. The first-order valence-corrected chi connectivity index (χ1v) is 8.00. The summed E-state index contributed by atoms with van der Waals surface area (Å²) >= 11 is 0. The number of aryl methyl sites for hydroxylation is 1. The summed E-state index contributed by atoms with van der Waals surface area (Å²) in [4.78, 5) is 0. The van der Waals surface area contributed by atoms with Crippen molar-refractivity contribution >= 4 is 10.0 Å². The second-order valence-corrected chi connectivity index (χ2v) is 6.67. The van der Waals surface area contributed by atoms with Crippen LogP contribution in [-0.2, 0) is 10.0 Å². The van der Waals surface area contributed by atoms with Crippen molar-refractivity contribution in [2.45, 2.75) is 32.6 Å². The third kappa shape index (κ3) is 5.86. The summed E-state index contributed by atoms with van der Waals surface area (Å²) in [5, 5.41) is 8.39. The van der Waals surface area contributed by atoms with E-state index in [1.165, 1.54) is 5.56 Å². The van der Waals surface area contributed by atoms with Crippen LogP contribution in [0, 0.1) is 18.3 Å². The fourth-order valence-electron chi connectivity index (χ4n) is 1.76. The SMILES string of the molecule is Cc1cccc([C@H](C)CNS(=O)(=O)CCCC#N)c1. The van der Waals surface area contributed by atoms with Crippen LogP contribution in [-0.4, -0.2) is 20.7 Å². The molecule has 5 heteroatoms. The van der Waals surface area contributed by atoms with Gasteiger partial charge in [0.05, 0.1) is 11.8 Å². The number of nitrogens with one attached hydrogen (secondary N) is 1. The number of hydrogen-bond donors (Lipinski definition) is 1. The van der Waals surface area contributed by atoms with Crippen LogP contribution in [0.2, 0.25) is 0 Å². The lowest BCUT2D eigenvalue weighted by molar-refractivity contribution is 0.572. The molecule has 4 nitrogen and oxygen atoms in total. The lowest BCUT2D eigenvalue weighted by Crippen LogP contribution is -2.29. The van der Waals surface area contributed by atoms with Crippen molar-refractivity contribution in [1.82, 2.24) is 4.72 Å². The fraction of sp³-hybridized carbons (Fsp3) is 0.500. The average molecular weight is 280 g/mol. The molecule has 1 atom stereocenters. The van der Waals surface area contributed by atoms with E-state index in [4.69, 9.17) is 5.26 Å². The van der Waals surface area contributed by atoms with Crippen LogP contribution in [0.4, 0.5) is 0 Å². The Labute approximate surface area is 115 Å². The smallest absolute Gasteiger partial charge is 0.211 e. The topological polar surface area (TPSA) is 70.0 Å². The zero-order valence-corrected chi connectivity index (χ0v) is 12.2. The molecule has 0 aromatic heterocycles. The quantitative estimate of drug-likeness (QED) is 0.779. The van der Waals surface area contributed by atoms with Crippen LogP contribution in [0.1, 0.15) is 36.8 Å². The number of benzene rings is 1. The number of nitriles is 1. The molecular formula is C14H20N2O2S. The van der Waals surface area contributed by atoms with Crippen LogP contribution < -0.4 is 4.72 Å². The van der Waals surface area contributed by atoms with Gasteiger partial charge >= 0.3 is 0 Å². The fourth-order valence-corrected chi connectivity index (χ4v) is 2.93. The lowest BCUT2D eigenvalue weighted by atomic mass is 10.00. The monoisotopic (exact) mass is 280 g/mol. The van der Waals surface area contributed by atoms with Gasteiger partial charge in [0.15, 0.2) is 0 Å². The van der Waals surface area contributed by atoms with Crippen LogP contribution >= 0.6 is 0 Å². The molecule has 0 saturated carbocycles. The minimum atomic E-state index is -3.27. The maximum atomic E-state index is 11.7. The van der Waals surface area contributed by atoms with Crippen molar-refractivity contribution in [3.05, 3.63) is 35.4 Å². The van der Waals surface area contributed by atoms with E-state index in [1.54, 1.807) is 0 Å². The third-order valence-corrected chi connectivity index (χ3v) is 4.35. The third-order valence-electron chi connectivity index (χ3n) is 2.92. The summed E-state index contributed by atoms with van der Waals surface area (Å²) < 4.78 is 26.0. The van der Waals surface area contributed by atoms with Gasteiger partial charge in [-0.05, 0) is 24.8 Å². The molecule has 0 aliphatic rings. The lowest BCUT2D eigenvalue weighted by Gasteiger charge is -2.13. The molecule has 1 aromatic carbocycles. The highest BCUT2D eigenvalue weighted by Crippen LogP contribution is 2.15. The molecule has 0 bridgehead atoms. The zero-order chi connectivity index (χ0) is 14.3. The Morgan fingerprint density at radius 3 is 2.79 bits per heavy atom. The van der Waals surface area contributed by atoms with E-state index in [0.717, 1.165) is 5.56 Å². The highest BCUT2D eigenvalue weighted by atomic mass is 32.2. The second kappa shape index (κ2) is 7.27. The summed E-state index contributed by atoms with van der Waals surface area (Å²) in [7, 11) is -3.27. The van der Waals surface area contributed by atoms with Crippen molar-refractivity contribution in [3.8, 4) is 6.07 Å². The van der Waals surface area contributed by atoms with Gasteiger partial charge in [-0.2, -0.15) is 5.26 Å². The first-order valence-electron chi connectivity index (χ1n) is 6.35. The second-order valence-electron chi connectivity index (χ2n) is 4.74. The molecule has 0 fully saturated rings. The van der Waals surface area contributed by atoms with Gasteiger partial charge in [-0.15, -0.1) is 0 Å². The molecule has 0 aliphatic heterocycles. The van der Waals surface area contributed by atoms with Crippen molar-refractivity contribution in [2.75, 3.05) is 12.3 Å². The number of sulfonamides is 1. The van der Waals surface area contributed by atoms with Gasteiger partial charge in [-0.1, -0.05) is 36.8 Å². The van der Waals surface area contributed by atoms with Crippen LogP contribution in [0.3, 0.4) is 0 Å². The van der Waals surface area contributed by atoms with Crippen molar-refractivity contribution in [3.63, 3.8) is 0 Å². The van der Waals surface area contributed by atoms with E-state index in [2.05, 4.69) is 10.8 Å². The first kappa shape index (κ1) is 15.7. The van der Waals surface area contributed by atoms with Gasteiger partial charge in [0, 0.05) is 13.0 Å². The first-order chi connectivity index (χ1) is 8.94. The summed E-state index contributed by atoms with van der Waals surface area (Å²) in [6.07, 6.45) is 0.652. The van der Waals surface area contributed by atoms with Crippen LogP contribution in [0.25, 0.3) is 0 Å². The van der Waals surface area contributed by atoms with Crippen molar-refractivity contribution in [2.24, 2.45) is 0 Å². The number of rotatable bonds is 7. The van der Waals surface area contributed by atoms with Gasteiger partial charge < -0.3 is 0 Å². The van der Waals surface area contributed by atoms with Gasteiger partial charge in [0.1, 0.15) is 0 Å². The molecule has 0 amide bonds. The van der Waals surface area contributed by atoms with Crippen LogP contribution in [0.5, 0.6) is 0 Å². The molecule has 1 rings (SSSR count). The molecule has 0 saturated heterocycles. The average Bonchev–Trinajstić information content (AvgIpc) is 2.36. The number of hydrogen-bond acceptors (Lipinski definition) is 3. The zero-order valence-electron chi connectivity index (χ0n) is 11.4. The Kier molecular flexibility index (Phi) is 6.00. The Hall–Kier alpha value is -1.38. The minimum absolute atomic E-state index is 0.0150. The standard InChI is InChI=1S/C14H20N2O2S/c1-12-6-5-7-14(10-12)13(2)11-16-19(17,18)9-4-3-8-15/h5-7,10,13,16H,3-4,9,11H2,1-2H3/t13-/m1/s1.